The number of phosphoric ester groups is 1. The smallest absolute Gasteiger partial charge is 0.383 e. The van der Waals surface area contributed by atoms with Crippen molar-refractivity contribution >= 4 is 47.8 Å². The van der Waals surface area contributed by atoms with Gasteiger partial charge in [-0.25, -0.2) is 18.7 Å². The van der Waals surface area contributed by atoms with Gasteiger partial charge < -0.3 is 34.9 Å². The van der Waals surface area contributed by atoms with E-state index in [1.165, 1.54) is 0 Å². The van der Waals surface area contributed by atoms with Gasteiger partial charge in [0.05, 0.1) is 12.7 Å². The lowest BCUT2D eigenvalue weighted by atomic mass is 10.2. The number of nitrogens with zero attached hydrogens (tertiary/aromatic N) is 4. The van der Waals surface area contributed by atoms with Gasteiger partial charge in [0.15, 0.2) is 0 Å². The van der Waals surface area contributed by atoms with Crippen LogP contribution in [0, 0.1) is 6.92 Å². The van der Waals surface area contributed by atoms with Crippen LogP contribution < -0.4 is 10.6 Å². The second-order valence-electron chi connectivity index (χ2n) is 6.58. The Balaban J connectivity index is 2.07. The number of phosphoric acid groups is 3. The molecule has 4 atom stereocenters. The highest BCUT2D eigenvalue weighted by molar-refractivity contribution is 7.66. The van der Waals surface area contributed by atoms with Crippen LogP contribution in [0.15, 0.2) is 17.3 Å². The topological polar surface area (TPSA) is 236 Å². The van der Waals surface area contributed by atoms with E-state index in [9.17, 15) is 23.5 Å². The third kappa shape index (κ3) is 8.32. The third-order valence-corrected chi connectivity index (χ3v) is 7.88. The first-order valence-electron chi connectivity index (χ1n) is 9.12. The molecule has 1 aromatic heterocycles. The second kappa shape index (κ2) is 10.8. The van der Waals surface area contributed by atoms with Crippen LogP contribution in [0.5, 0.6) is 0 Å². The van der Waals surface area contributed by atoms with Gasteiger partial charge in [-0.1, -0.05) is 6.08 Å². The molecule has 1 aliphatic rings. The molecule has 2 heterocycles. The molecule has 0 spiro atoms. The van der Waals surface area contributed by atoms with Crippen LogP contribution in [0.25, 0.3) is 0 Å². The quantitative estimate of drug-likeness (QED) is 0.202. The maximum atomic E-state index is 11.9. The van der Waals surface area contributed by atoms with E-state index in [4.69, 9.17) is 20.3 Å². The van der Waals surface area contributed by atoms with Crippen LogP contribution in [0.2, 0.25) is 0 Å². The van der Waals surface area contributed by atoms with Gasteiger partial charge >= 0.3 is 23.5 Å². The first-order valence-corrected chi connectivity index (χ1v) is 13.6. The van der Waals surface area contributed by atoms with E-state index >= 15 is 0 Å². The normalized spacial score (nSPS) is 22.7. The van der Waals surface area contributed by atoms with Gasteiger partial charge in [0, 0.05) is 11.8 Å². The van der Waals surface area contributed by atoms with E-state index in [0.717, 1.165) is 0 Å². The Bertz CT molecular complexity index is 1050. The Morgan fingerprint density at radius 1 is 1.21 bits per heavy atom. The summed E-state index contributed by atoms with van der Waals surface area (Å²) in [7, 11) is -16.3. The van der Waals surface area contributed by atoms with Crippen LogP contribution in [-0.2, 0) is 31.6 Å². The summed E-state index contributed by atoms with van der Waals surface area (Å²) in [6, 6.07) is 0. The molecule has 1 aromatic rings. The number of hydrogen-bond acceptors (Lipinski definition) is 12. The molecule has 6 N–H and O–H groups in total. The Labute approximate surface area is 188 Å². The summed E-state index contributed by atoms with van der Waals surface area (Å²) in [5, 5.41) is 0. The average molecular weight is 531 g/mol. The van der Waals surface area contributed by atoms with E-state index in [0.29, 0.717) is 24.2 Å². The Kier molecular flexibility index (Phi) is 9.07. The van der Waals surface area contributed by atoms with Crippen molar-refractivity contribution in [2.24, 2.45) is 4.99 Å². The third-order valence-electron chi connectivity index (χ3n) is 4.08. The number of nitrogen functional groups attached to an aromatic ring is 1. The minimum Gasteiger partial charge on any atom is -0.383 e. The zero-order valence-corrected chi connectivity index (χ0v) is 20.2. The van der Waals surface area contributed by atoms with Gasteiger partial charge in [0.2, 0.25) is 0 Å². The molecular formula is C14H24N5O11P3. The van der Waals surface area contributed by atoms with E-state index in [1.807, 2.05) is 0 Å². The SMILES string of the molecule is C=Nc1nc(N)c(C)c(N(C=CC)C2CCC(COP(=O)(O)OP(=O)(O)OP(=O)(O)O)O2)n1. The van der Waals surface area contributed by atoms with Crippen molar-refractivity contribution in [2.45, 2.75) is 39.0 Å². The number of rotatable bonds is 11. The van der Waals surface area contributed by atoms with Crippen molar-refractivity contribution in [3.05, 3.63) is 17.8 Å². The highest BCUT2D eigenvalue weighted by Gasteiger charge is 2.41. The molecule has 1 fully saturated rings. The molecule has 0 bridgehead atoms. The molecule has 186 valence electrons. The number of nitrogens with two attached hydrogens (primary N) is 1. The largest absolute Gasteiger partial charge is 0.490 e. The van der Waals surface area contributed by atoms with Crippen LogP contribution in [0.3, 0.4) is 0 Å². The maximum absolute atomic E-state index is 11.9. The predicted octanol–water partition coefficient (Wildman–Crippen LogP) is 1.89. The van der Waals surface area contributed by atoms with Gasteiger partial charge in [0.1, 0.15) is 17.9 Å². The molecule has 0 amide bonds. The average Bonchev–Trinajstić information content (AvgIpc) is 3.13. The van der Waals surface area contributed by atoms with E-state index < -0.39 is 42.4 Å². The summed E-state index contributed by atoms with van der Waals surface area (Å²) in [6.07, 6.45) is 2.83. The lowest BCUT2D eigenvalue weighted by molar-refractivity contribution is 0.0130. The lowest BCUT2D eigenvalue weighted by Gasteiger charge is -2.28. The zero-order valence-electron chi connectivity index (χ0n) is 17.5. The van der Waals surface area contributed by atoms with Gasteiger partial charge in [0.25, 0.3) is 5.95 Å². The number of aliphatic imine (C=N–C) groups is 1. The van der Waals surface area contributed by atoms with Crippen LogP contribution in [0.1, 0.15) is 25.3 Å². The zero-order chi connectivity index (χ0) is 25.0. The molecule has 33 heavy (non-hydrogen) atoms. The first kappa shape index (κ1) is 27.7. The summed E-state index contributed by atoms with van der Waals surface area (Å²) in [6.45, 7) is 6.30. The van der Waals surface area contributed by atoms with E-state index in [-0.39, 0.29) is 11.8 Å². The first-order chi connectivity index (χ1) is 15.2. The van der Waals surface area contributed by atoms with Gasteiger partial charge in [-0.15, -0.1) is 0 Å². The highest BCUT2D eigenvalue weighted by atomic mass is 31.3. The molecular weight excluding hydrogens is 507 g/mol. The highest BCUT2D eigenvalue weighted by Crippen LogP contribution is 2.66. The fraction of sp³-hybridized carbons (Fsp3) is 0.500. The summed E-state index contributed by atoms with van der Waals surface area (Å²) < 4.78 is 51.8. The van der Waals surface area contributed by atoms with Crippen molar-refractivity contribution in [1.29, 1.82) is 0 Å². The van der Waals surface area contributed by atoms with Crippen molar-refractivity contribution in [1.82, 2.24) is 9.97 Å². The molecule has 19 heteroatoms. The lowest BCUT2D eigenvalue weighted by Crippen LogP contribution is -2.33. The molecule has 0 aliphatic carbocycles. The fourth-order valence-corrected chi connectivity index (χ4v) is 5.84. The predicted molar refractivity (Wildman–Crippen MR) is 115 cm³/mol. The van der Waals surface area contributed by atoms with Gasteiger partial charge in [-0.05, 0) is 33.4 Å². The summed E-state index contributed by atoms with van der Waals surface area (Å²) >= 11 is 0. The second-order valence-corrected chi connectivity index (χ2v) is 11.0. The van der Waals surface area contributed by atoms with Gasteiger partial charge in [-0.2, -0.15) is 18.6 Å². The Morgan fingerprint density at radius 3 is 2.45 bits per heavy atom. The Hall–Kier alpha value is -1.54. The molecule has 0 saturated carbocycles. The number of anilines is 2. The maximum Gasteiger partial charge on any atom is 0.490 e. The van der Waals surface area contributed by atoms with E-state index in [1.54, 1.807) is 31.0 Å². The minimum absolute atomic E-state index is 0.0600. The number of ether oxygens (including phenoxy) is 1. The number of hydrogen-bond donors (Lipinski definition) is 5. The number of aromatic nitrogens is 2. The molecule has 1 aliphatic heterocycles. The summed E-state index contributed by atoms with van der Waals surface area (Å²) in [5.41, 5.74) is 6.47. The molecule has 2 rings (SSSR count). The van der Waals surface area contributed by atoms with Crippen molar-refractivity contribution in [3.8, 4) is 0 Å². The monoisotopic (exact) mass is 531 g/mol. The van der Waals surface area contributed by atoms with E-state index in [2.05, 4.69) is 34.8 Å². The minimum atomic E-state index is -5.59. The van der Waals surface area contributed by atoms with Crippen molar-refractivity contribution in [3.63, 3.8) is 0 Å². The van der Waals surface area contributed by atoms with Gasteiger partial charge in [-0.3, -0.25) is 4.52 Å². The van der Waals surface area contributed by atoms with Crippen LogP contribution >= 0.6 is 23.5 Å². The van der Waals surface area contributed by atoms with Crippen LogP contribution in [0.4, 0.5) is 17.6 Å². The standard InChI is InChI=1S/C14H24N5O11P3/c1-4-7-19(13-9(2)12(15)17-14(16-3)18-13)11-6-5-10(28-11)8-27-32(23,24)30-33(25,26)29-31(20,21)22/h4,7,10-11H,3,5-6,8H2,1-2H3,(H,23,24)(H,25,26)(H2,15,17,18)(H2,20,21,22). The summed E-state index contributed by atoms with van der Waals surface area (Å²) in [5.74, 6) is 0.658. The molecule has 4 unspecified atom stereocenters. The number of allylic oxidation sites excluding steroid dienone is 1. The molecule has 16 nitrogen and oxygen atoms in total. The van der Waals surface area contributed by atoms with Crippen molar-refractivity contribution in [2.75, 3.05) is 17.2 Å². The summed E-state index contributed by atoms with van der Waals surface area (Å²) in [4.78, 5) is 49.5. The van der Waals surface area contributed by atoms with Crippen LogP contribution in [-0.4, -0.2) is 55.2 Å². The van der Waals surface area contributed by atoms with Crippen molar-refractivity contribution < 1.29 is 51.2 Å². The Morgan fingerprint density at radius 2 is 1.88 bits per heavy atom. The molecule has 0 radical (unpaired) electrons. The molecule has 0 aromatic carbocycles. The molecule has 1 saturated heterocycles. The fourth-order valence-electron chi connectivity index (χ4n) is 2.79.